The van der Waals surface area contributed by atoms with Gasteiger partial charge in [0, 0.05) is 23.5 Å². The molecule has 0 saturated carbocycles. The van der Waals surface area contributed by atoms with Gasteiger partial charge in [-0.25, -0.2) is 0 Å². The number of nitrogens with zero attached hydrogens (tertiary/aromatic N) is 1. The van der Waals surface area contributed by atoms with Crippen LogP contribution in [0, 0.1) is 13.8 Å². The molecule has 0 saturated heterocycles. The number of para-hydroxylation sites is 1. The number of aryl methyl sites for hydroxylation is 2. The molecule has 0 atom stereocenters. The average molecular weight is 412 g/mol. The van der Waals surface area contributed by atoms with E-state index in [1.54, 1.807) is 4.57 Å². The van der Waals surface area contributed by atoms with Crippen molar-refractivity contribution in [3.63, 3.8) is 0 Å². The minimum atomic E-state index is -0.234. The number of hydrogen-bond donors (Lipinski definition) is 2. The van der Waals surface area contributed by atoms with Crippen LogP contribution in [0.15, 0.2) is 83.7 Å². The van der Waals surface area contributed by atoms with Gasteiger partial charge in [0.05, 0.1) is 5.52 Å². The third-order valence-electron chi connectivity index (χ3n) is 5.22. The highest BCUT2D eigenvalue weighted by Crippen LogP contribution is 2.17. The molecule has 1 heterocycles. The summed E-state index contributed by atoms with van der Waals surface area (Å²) in [6.07, 6.45) is 0. The van der Waals surface area contributed by atoms with E-state index in [-0.39, 0.29) is 18.0 Å². The number of rotatable bonds is 6. The predicted octanol–water partition coefficient (Wildman–Crippen LogP) is 4.87. The number of aromatic nitrogens is 1. The summed E-state index contributed by atoms with van der Waals surface area (Å²) in [5.41, 5.74) is 5.01. The predicted molar refractivity (Wildman–Crippen MR) is 127 cm³/mol. The third-order valence-corrected chi connectivity index (χ3v) is 5.22. The number of nitrogens with one attached hydrogen (secondary N) is 2. The lowest BCUT2D eigenvalue weighted by molar-refractivity contribution is -0.116. The van der Waals surface area contributed by atoms with Crippen molar-refractivity contribution in [3.8, 4) is 0 Å². The van der Waals surface area contributed by atoms with Crippen LogP contribution in [0.4, 0.5) is 11.4 Å². The van der Waals surface area contributed by atoms with Crippen molar-refractivity contribution < 1.29 is 4.79 Å². The van der Waals surface area contributed by atoms with Gasteiger partial charge in [-0.05, 0) is 61.2 Å². The highest BCUT2D eigenvalue weighted by atomic mass is 16.2. The Balaban J connectivity index is 1.65. The fraction of sp³-hybridized carbons (Fsp3) is 0.154. The monoisotopic (exact) mass is 411 g/mol. The van der Waals surface area contributed by atoms with E-state index in [0.29, 0.717) is 17.8 Å². The number of fused-ring (bicyclic) bond motifs is 1. The molecular weight excluding hydrogens is 386 g/mol. The third kappa shape index (κ3) is 4.83. The van der Waals surface area contributed by atoms with E-state index in [9.17, 15) is 9.59 Å². The van der Waals surface area contributed by atoms with Crippen molar-refractivity contribution in [1.82, 2.24) is 4.57 Å². The maximum absolute atomic E-state index is 13.3. The highest BCUT2D eigenvalue weighted by Gasteiger charge is 2.13. The number of pyridine rings is 1. The maximum atomic E-state index is 13.3. The van der Waals surface area contributed by atoms with Gasteiger partial charge in [0.1, 0.15) is 6.54 Å². The molecule has 4 rings (SSSR count). The molecule has 0 aliphatic carbocycles. The van der Waals surface area contributed by atoms with Crippen molar-refractivity contribution in [3.05, 3.63) is 106 Å². The molecule has 0 bridgehead atoms. The Labute approximate surface area is 181 Å². The van der Waals surface area contributed by atoms with Gasteiger partial charge in [0.25, 0.3) is 5.56 Å². The molecule has 1 aromatic heterocycles. The SMILES string of the molecule is Cc1ccc(NC(=O)Cn2c(=O)c(CNc3ccccc3)cc3ccc(C)cc32)cc1. The molecule has 1 amide bonds. The van der Waals surface area contributed by atoms with Crippen molar-refractivity contribution in [2.45, 2.75) is 26.9 Å². The van der Waals surface area contributed by atoms with Crippen molar-refractivity contribution >= 4 is 28.2 Å². The van der Waals surface area contributed by atoms with Crippen molar-refractivity contribution in [2.24, 2.45) is 0 Å². The molecule has 0 radical (unpaired) electrons. The van der Waals surface area contributed by atoms with Crippen LogP contribution in [-0.2, 0) is 17.9 Å². The molecule has 2 N–H and O–H groups in total. The molecule has 0 aliphatic heterocycles. The normalized spacial score (nSPS) is 10.8. The first-order valence-electron chi connectivity index (χ1n) is 10.3. The number of carbonyl (C=O) groups excluding carboxylic acids is 1. The first-order chi connectivity index (χ1) is 15.0. The minimum absolute atomic E-state index is 0.0498. The Hall–Kier alpha value is -3.86. The molecule has 5 heteroatoms. The summed E-state index contributed by atoms with van der Waals surface area (Å²) in [6, 6.07) is 25.2. The fourth-order valence-corrected chi connectivity index (χ4v) is 3.56. The molecule has 0 fully saturated rings. The van der Waals surface area contributed by atoms with Crippen LogP contribution in [0.3, 0.4) is 0 Å². The summed E-state index contributed by atoms with van der Waals surface area (Å²) in [5, 5.41) is 7.11. The standard InChI is InChI=1S/C26H25N3O2/c1-18-9-12-23(13-10-18)28-25(30)17-29-24-14-19(2)8-11-20(24)15-21(26(29)31)16-27-22-6-4-3-5-7-22/h3-15,27H,16-17H2,1-2H3,(H,28,30). The lowest BCUT2D eigenvalue weighted by atomic mass is 10.1. The second kappa shape index (κ2) is 8.88. The zero-order valence-electron chi connectivity index (χ0n) is 17.7. The minimum Gasteiger partial charge on any atom is -0.381 e. The van der Waals surface area contributed by atoms with E-state index in [0.717, 1.165) is 27.7 Å². The Morgan fingerprint density at radius 1 is 0.839 bits per heavy atom. The second-order valence-corrected chi connectivity index (χ2v) is 7.76. The molecule has 156 valence electrons. The number of benzene rings is 3. The number of carbonyl (C=O) groups is 1. The molecule has 0 spiro atoms. The zero-order valence-corrected chi connectivity index (χ0v) is 17.7. The molecule has 3 aromatic carbocycles. The van der Waals surface area contributed by atoms with E-state index >= 15 is 0 Å². The summed E-state index contributed by atoms with van der Waals surface area (Å²) in [5.74, 6) is -0.234. The smallest absolute Gasteiger partial charge is 0.256 e. The quantitative estimate of drug-likeness (QED) is 0.476. The van der Waals surface area contributed by atoms with Crippen molar-refractivity contribution in [1.29, 1.82) is 0 Å². The van der Waals surface area contributed by atoms with Crippen molar-refractivity contribution in [2.75, 3.05) is 10.6 Å². The van der Waals surface area contributed by atoms with Gasteiger partial charge < -0.3 is 10.6 Å². The van der Waals surface area contributed by atoms with E-state index in [1.165, 1.54) is 0 Å². The molecular formula is C26H25N3O2. The molecule has 4 aromatic rings. The number of amides is 1. The number of hydrogen-bond acceptors (Lipinski definition) is 3. The molecule has 0 aliphatic rings. The van der Waals surface area contributed by atoms with E-state index in [4.69, 9.17) is 0 Å². The van der Waals surface area contributed by atoms with Gasteiger partial charge in [-0.2, -0.15) is 0 Å². The maximum Gasteiger partial charge on any atom is 0.256 e. The van der Waals surface area contributed by atoms with E-state index in [2.05, 4.69) is 10.6 Å². The summed E-state index contributed by atoms with van der Waals surface area (Å²) < 4.78 is 1.56. The Morgan fingerprint density at radius 3 is 2.29 bits per heavy atom. The first kappa shape index (κ1) is 20.4. The van der Waals surface area contributed by atoms with Crippen LogP contribution >= 0.6 is 0 Å². The van der Waals surface area contributed by atoms with Crippen LogP contribution in [-0.4, -0.2) is 10.5 Å². The zero-order chi connectivity index (χ0) is 21.8. The van der Waals surface area contributed by atoms with Crippen LogP contribution < -0.4 is 16.2 Å². The molecule has 5 nitrogen and oxygen atoms in total. The lowest BCUT2D eigenvalue weighted by Crippen LogP contribution is -2.30. The Bertz CT molecular complexity index is 1280. The molecule has 31 heavy (non-hydrogen) atoms. The van der Waals surface area contributed by atoms with Gasteiger partial charge in [0.2, 0.25) is 5.91 Å². The lowest BCUT2D eigenvalue weighted by Gasteiger charge is -2.15. The van der Waals surface area contributed by atoms with E-state index in [1.807, 2.05) is 92.7 Å². The van der Waals surface area contributed by atoms with Crippen LogP contribution in [0.2, 0.25) is 0 Å². The highest BCUT2D eigenvalue weighted by molar-refractivity contribution is 5.92. The molecule has 0 unspecified atom stereocenters. The van der Waals surface area contributed by atoms with E-state index < -0.39 is 0 Å². The average Bonchev–Trinajstić information content (AvgIpc) is 2.77. The first-order valence-corrected chi connectivity index (χ1v) is 10.3. The summed E-state index contributed by atoms with van der Waals surface area (Å²) >= 11 is 0. The number of anilines is 2. The summed E-state index contributed by atoms with van der Waals surface area (Å²) in [7, 11) is 0. The van der Waals surface area contributed by atoms with Crippen LogP contribution in [0.25, 0.3) is 10.9 Å². The fourth-order valence-electron chi connectivity index (χ4n) is 3.56. The van der Waals surface area contributed by atoms with Gasteiger partial charge in [-0.15, -0.1) is 0 Å². The van der Waals surface area contributed by atoms with Crippen LogP contribution in [0.1, 0.15) is 16.7 Å². The van der Waals surface area contributed by atoms with Gasteiger partial charge in [-0.1, -0.05) is 48.0 Å². The van der Waals surface area contributed by atoms with Gasteiger partial charge >= 0.3 is 0 Å². The van der Waals surface area contributed by atoms with Gasteiger partial charge in [0.15, 0.2) is 0 Å². The summed E-state index contributed by atoms with van der Waals surface area (Å²) in [4.78, 5) is 26.0. The Kier molecular flexibility index (Phi) is 5.85. The van der Waals surface area contributed by atoms with Gasteiger partial charge in [-0.3, -0.25) is 14.2 Å². The topological polar surface area (TPSA) is 63.1 Å². The van der Waals surface area contributed by atoms with Crippen LogP contribution in [0.5, 0.6) is 0 Å². The summed E-state index contributed by atoms with van der Waals surface area (Å²) in [6.45, 7) is 4.30. The second-order valence-electron chi connectivity index (χ2n) is 7.76. The largest absolute Gasteiger partial charge is 0.381 e. The Morgan fingerprint density at radius 2 is 1.55 bits per heavy atom.